The van der Waals surface area contributed by atoms with Crippen molar-refractivity contribution in [2.45, 2.75) is 18.4 Å². The van der Waals surface area contributed by atoms with Gasteiger partial charge in [-0.3, -0.25) is 14.9 Å². The molecule has 3 N–H and O–H groups in total. The van der Waals surface area contributed by atoms with Crippen molar-refractivity contribution in [3.8, 4) is 11.1 Å². The molecule has 0 bridgehead atoms. The standard InChI is InChI=1S/C24H23N3O6S/c1-32-14(10-21(28)29)11-25-22(30)20-13-34-23(26-20)27-24(31)33-12-19-17-8-4-2-6-15(17)16-7-3-5-9-18(16)19/h2-9,13-14,19H,10-12H2,1H3,(H,25,30)(H,28,29)(H,26,27,31). The van der Waals surface area contributed by atoms with Crippen LogP contribution in [0.3, 0.4) is 0 Å². The van der Waals surface area contributed by atoms with Crippen LogP contribution in [-0.2, 0) is 14.3 Å². The number of fused-ring (bicyclic) bond motifs is 3. The van der Waals surface area contributed by atoms with Gasteiger partial charge in [-0.25, -0.2) is 9.78 Å². The molecule has 0 fully saturated rings. The fourth-order valence-electron chi connectivity index (χ4n) is 3.89. The lowest BCUT2D eigenvalue weighted by Crippen LogP contribution is -2.34. The summed E-state index contributed by atoms with van der Waals surface area (Å²) in [6.45, 7) is 0.189. The predicted molar refractivity (Wildman–Crippen MR) is 126 cm³/mol. The number of hydrogen-bond acceptors (Lipinski definition) is 7. The molecule has 0 saturated carbocycles. The van der Waals surface area contributed by atoms with Crippen molar-refractivity contribution < 1.29 is 29.0 Å². The number of nitrogens with zero attached hydrogens (tertiary/aromatic N) is 1. The molecule has 0 aliphatic heterocycles. The summed E-state index contributed by atoms with van der Waals surface area (Å²) in [6, 6.07) is 16.1. The number of ether oxygens (including phenoxy) is 2. The minimum atomic E-state index is -1.02. The van der Waals surface area contributed by atoms with Crippen LogP contribution < -0.4 is 10.6 Å². The third-order valence-corrected chi connectivity index (χ3v) is 6.27. The Morgan fingerprint density at radius 1 is 1.09 bits per heavy atom. The number of anilines is 1. The molecule has 9 nitrogen and oxygen atoms in total. The fraction of sp³-hybridized carbons (Fsp3) is 0.250. The highest BCUT2D eigenvalue weighted by molar-refractivity contribution is 7.14. The summed E-state index contributed by atoms with van der Waals surface area (Å²) >= 11 is 1.08. The van der Waals surface area contributed by atoms with E-state index in [1.165, 1.54) is 12.5 Å². The van der Waals surface area contributed by atoms with E-state index in [4.69, 9.17) is 14.6 Å². The Hall–Kier alpha value is -3.76. The molecule has 2 aromatic carbocycles. The van der Waals surface area contributed by atoms with Gasteiger partial charge < -0.3 is 19.9 Å². The Morgan fingerprint density at radius 3 is 2.35 bits per heavy atom. The number of carbonyl (C=O) groups excluding carboxylic acids is 2. The van der Waals surface area contributed by atoms with Gasteiger partial charge in [-0.05, 0) is 22.3 Å². The van der Waals surface area contributed by atoms with E-state index < -0.39 is 24.1 Å². The number of aromatic nitrogens is 1. The zero-order valence-corrected chi connectivity index (χ0v) is 19.1. The molecule has 34 heavy (non-hydrogen) atoms. The Balaban J connectivity index is 1.32. The van der Waals surface area contributed by atoms with Crippen molar-refractivity contribution >= 4 is 34.4 Å². The molecular weight excluding hydrogens is 458 g/mol. The van der Waals surface area contributed by atoms with Crippen LogP contribution in [0.25, 0.3) is 11.1 Å². The monoisotopic (exact) mass is 481 g/mol. The highest BCUT2D eigenvalue weighted by Gasteiger charge is 2.29. The molecule has 1 atom stereocenters. The number of benzene rings is 2. The molecule has 0 radical (unpaired) electrons. The number of carboxylic acids is 1. The van der Waals surface area contributed by atoms with Gasteiger partial charge in [0, 0.05) is 25.0 Å². The quantitative estimate of drug-likeness (QED) is 0.425. The van der Waals surface area contributed by atoms with Crippen LogP contribution in [0.5, 0.6) is 0 Å². The number of methoxy groups -OCH3 is 1. The third-order valence-electron chi connectivity index (χ3n) is 5.52. The number of amides is 2. The summed E-state index contributed by atoms with van der Waals surface area (Å²) in [5.41, 5.74) is 4.61. The van der Waals surface area contributed by atoms with Gasteiger partial charge in [0.05, 0.1) is 12.5 Å². The highest BCUT2D eigenvalue weighted by Crippen LogP contribution is 2.44. The first-order valence-electron chi connectivity index (χ1n) is 10.6. The van der Waals surface area contributed by atoms with Crippen LogP contribution in [0.15, 0.2) is 53.9 Å². The smallest absolute Gasteiger partial charge is 0.413 e. The van der Waals surface area contributed by atoms with Gasteiger partial charge in [-0.15, -0.1) is 11.3 Å². The van der Waals surface area contributed by atoms with E-state index in [1.54, 1.807) is 0 Å². The van der Waals surface area contributed by atoms with Crippen LogP contribution in [0, 0.1) is 0 Å². The van der Waals surface area contributed by atoms with Gasteiger partial charge in [0.15, 0.2) is 5.13 Å². The lowest BCUT2D eigenvalue weighted by atomic mass is 9.98. The number of nitrogens with one attached hydrogen (secondary N) is 2. The highest BCUT2D eigenvalue weighted by atomic mass is 32.1. The lowest BCUT2D eigenvalue weighted by Gasteiger charge is -2.14. The van der Waals surface area contributed by atoms with Crippen LogP contribution >= 0.6 is 11.3 Å². The molecular formula is C24H23N3O6S. The molecule has 0 saturated heterocycles. The normalized spacial score (nSPS) is 13.0. The second kappa shape index (κ2) is 10.4. The summed E-state index contributed by atoms with van der Waals surface area (Å²) in [5, 5.41) is 15.7. The van der Waals surface area contributed by atoms with Crippen LogP contribution in [0.4, 0.5) is 9.93 Å². The first-order chi connectivity index (χ1) is 16.5. The average Bonchev–Trinajstić information content (AvgIpc) is 3.42. The molecule has 1 aliphatic carbocycles. The molecule has 4 rings (SSSR count). The summed E-state index contributed by atoms with van der Waals surface area (Å²) in [5.74, 6) is -1.58. The SMILES string of the molecule is COC(CNC(=O)c1csc(NC(=O)OCC2c3ccccc3-c3ccccc32)n1)CC(=O)O. The first-order valence-corrected chi connectivity index (χ1v) is 11.4. The Bertz CT molecular complexity index is 1170. The maximum atomic E-state index is 12.4. The summed E-state index contributed by atoms with van der Waals surface area (Å²) < 4.78 is 10.5. The molecule has 0 spiro atoms. The second-order valence-electron chi connectivity index (χ2n) is 7.65. The van der Waals surface area contributed by atoms with E-state index in [0.717, 1.165) is 33.6 Å². The van der Waals surface area contributed by atoms with Crippen molar-refractivity contribution in [2.75, 3.05) is 25.6 Å². The molecule has 10 heteroatoms. The molecule has 1 heterocycles. The van der Waals surface area contributed by atoms with Crippen LogP contribution in [0.2, 0.25) is 0 Å². The van der Waals surface area contributed by atoms with Gasteiger partial charge in [0.2, 0.25) is 0 Å². The van der Waals surface area contributed by atoms with Gasteiger partial charge in [0.25, 0.3) is 5.91 Å². The molecule has 1 aliphatic rings. The topological polar surface area (TPSA) is 127 Å². The number of carboxylic acid groups (broad SMARTS) is 1. The van der Waals surface area contributed by atoms with E-state index in [1.807, 2.05) is 36.4 Å². The average molecular weight is 482 g/mol. The Morgan fingerprint density at radius 2 is 1.74 bits per heavy atom. The molecule has 176 valence electrons. The summed E-state index contributed by atoms with van der Waals surface area (Å²) in [6.07, 6.45) is -1.55. The lowest BCUT2D eigenvalue weighted by molar-refractivity contribution is -0.139. The maximum Gasteiger partial charge on any atom is 0.413 e. The van der Waals surface area contributed by atoms with Crippen molar-refractivity contribution in [2.24, 2.45) is 0 Å². The van der Waals surface area contributed by atoms with Crippen LogP contribution in [-0.4, -0.2) is 54.4 Å². The largest absolute Gasteiger partial charge is 0.481 e. The van der Waals surface area contributed by atoms with E-state index >= 15 is 0 Å². The molecule has 2 amide bonds. The first kappa shape index (κ1) is 23.4. The Kier molecular flexibility index (Phi) is 7.19. The van der Waals surface area contributed by atoms with Crippen molar-refractivity contribution in [3.63, 3.8) is 0 Å². The Labute approximate surface area is 199 Å². The minimum Gasteiger partial charge on any atom is -0.481 e. The zero-order chi connectivity index (χ0) is 24.1. The summed E-state index contributed by atoms with van der Waals surface area (Å²) in [4.78, 5) is 39.6. The number of thiazole rings is 1. The van der Waals surface area contributed by atoms with Gasteiger partial charge in [-0.1, -0.05) is 48.5 Å². The number of hydrogen-bond donors (Lipinski definition) is 3. The second-order valence-corrected chi connectivity index (χ2v) is 8.51. The van der Waals surface area contributed by atoms with Crippen LogP contribution in [0.1, 0.15) is 34.0 Å². The van der Waals surface area contributed by atoms with E-state index in [-0.39, 0.29) is 36.3 Å². The molecule has 3 aromatic rings. The maximum absolute atomic E-state index is 12.4. The van der Waals surface area contributed by atoms with E-state index in [0.29, 0.717) is 0 Å². The van der Waals surface area contributed by atoms with E-state index in [9.17, 15) is 14.4 Å². The number of rotatable bonds is 9. The van der Waals surface area contributed by atoms with E-state index in [2.05, 4.69) is 27.8 Å². The molecule has 1 aromatic heterocycles. The fourth-order valence-corrected chi connectivity index (χ4v) is 4.56. The number of aliphatic carboxylic acids is 1. The van der Waals surface area contributed by atoms with Crippen molar-refractivity contribution in [3.05, 3.63) is 70.7 Å². The van der Waals surface area contributed by atoms with Gasteiger partial charge in [0.1, 0.15) is 12.3 Å². The minimum absolute atomic E-state index is 0.0221. The third kappa shape index (κ3) is 5.24. The van der Waals surface area contributed by atoms with Gasteiger partial charge in [-0.2, -0.15) is 0 Å². The zero-order valence-electron chi connectivity index (χ0n) is 18.3. The summed E-state index contributed by atoms with van der Waals surface area (Å²) in [7, 11) is 1.37. The van der Waals surface area contributed by atoms with Crippen molar-refractivity contribution in [1.29, 1.82) is 0 Å². The molecule has 1 unspecified atom stereocenters. The van der Waals surface area contributed by atoms with Gasteiger partial charge >= 0.3 is 12.1 Å². The number of carbonyl (C=O) groups is 3. The van der Waals surface area contributed by atoms with Crippen molar-refractivity contribution in [1.82, 2.24) is 10.3 Å². The predicted octanol–water partition coefficient (Wildman–Crippen LogP) is 3.72.